The molecule has 0 amide bonds. The third-order valence-corrected chi connectivity index (χ3v) is 6.04. The molecule has 0 aliphatic rings. The second-order valence-corrected chi connectivity index (χ2v) is 8.29. The summed E-state index contributed by atoms with van der Waals surface area (Å²) in [5.41, 5.74) is 2.56. The van der Waals surface area contributed by atoms with Gasteiger partial charge in [0.15, 0.2) is 11.6 Å². The lowest BCUT2D eigenvalue weighted by atomic mass is 9.98. The van der Waals surface area contributed by atoms with Crippen LogP contribution in [0.4, 0.5) is 10.2 Å². The predicted molar refractivity (Wildman–Crippen MR) is 128 cm³/mol. The van der Waals surface area contributed by atoms with Gasteiger partial charge in [0.1, 0.15) is 16.6 Å². The molecule has 162 valence electrons. The van der Waals surface area contributed by atoms with Crippen molar-refractivity contribution in [1.29, 1.82) is 0 Å². The first-order valence-corrected chi connectivity index (χ1v) is 11.1. The third kappa shape index (κ3) is 4.08. The Bertz CT molecular complexity index is 1460. The van der Waals surface area contributed by atoms with Crippen molar-refractivity contribution in [3.8, 4) is 22.5 Å². The molecule has 0 aliphatic carbocycles. The molecule has 6 nitrogen and oxygen atoms in total. The fraction of sp³-hybridized carbons (Fsp3) is 0.0800. The molecule has 8 heteroatoms. The van der Waals surface area contributed by atoms with Crippen molar-refractivity contribution in [1.82, 2.24) is 19.9 Å². The van der Waals surface area contributed by atoms with E-state index in [2.05, 4.69) is 25.3 Å². The summed E-state index contributed by atoms with van der Waals surface area (Å²) in [5.74, 6) is 0.327. The Kier molecular flexibility index (Phi) is 5.58. The molecular formula is C25H18FN5OS. The summed E-state index contributed by atoms with van der Waals surface area (Å²) in [5, 5.41) is 6.31. The van der Waals surface area contributed by atoms with Gasteiger partial charge in [-0.15, -0.1) is 11.3 Å². The number of fused-ring (bicyclic) bond motifs is 1. The summed E-state index contributed by atoms with van der Waals surface area (Å²) < 4.78 is 15.4. The van der Waals surface area contributed by atoms with Crippen molar-refractivity contribution in [2.24, 2.45) is 0 Å². The number of anilines is 1. The van der Waals surface area contributed by atoms with Gasteiger partial charge in [-0.1, -0.05) is 18.2 Å². The number of rotatable bonds is 6. The number of benzene rings is 2. The highest BCUT2D eigenvalue weighted by atomic mass is 32.1. The first-order chi connectivity index (χ1) is 16.1. The zero-order valence-electron chi connectivity index (χ0n) is 17.6. The van der Waals surface area contributed by atoms with Gasteiger partial charge in [0, 0.05) is 47.5 Å². The first-order valence-electron chi connectivity index (χ1n) is 10.2. The van der Waals surface area contributed by atoms with E-state index in [-0.39, 0.29) is 17.8 Å². The van der Waals surface area contributed by atoms with E-state index < -0.39 is 5.82 Å². The molecule has 0 radical (unpaired) electrons. The van der Waals surface area contributed by atoms with Gasteiger partial charge in [0.05, 0.1) is 17.5 Å². The van der Waals surface area contributed by atoms with Crippen LogP contribution in [0.1, 0.15) is 15.4 Å². The Labute approximate surface area is 193 Å². The summed E-state index contributed by atoms with van der Waals surface area (Å²) in [6.07, 6.45) is 5.11. The average molecular weight is 456 g/mol. The fourth-order valence-corrected chi connectivity index (χ4v) is 4.27. The van der Waals surface area contributed by atoms with E-state index in [1.165, 1.54) is 17.4 Å². The topological polar surface area (TPSA) is 80.7 Å². The number of nitrogens with one attached hydrogen (secondary N) is 1. The van der Waals surface area contributed by atoms with Crippen LogP contribution in [-0.2, 0) is 6.42 Å². The third-order valence-electron chi connectivity index (χ3n) is 5.26. The Morgan fingerprint density at radius 3 is 2.73 bits per heavy atom. The Morgan fingerprint density at radius 1 is 1.06 bits per heavy atom. The monoisotopic (exact) mass is 455 g/mol. The molecular weight excluding hydrogens is 437 g/mol. The summed E-state index contributed by atoms with van der Waals surface area (Å²) in [7, 11) is 1.78. The van der Waals surface area contributed by atoms with Crippen molar-refractivity contribution >= 4 is 33.8 Å². The highest BCUT2D eigenvalue weighted by Crippen LogP contribution is 2.31. The molecule has 0 saturated heterocycles. The smallest absolute Gasteiger partial charge is 0.172 e. The van der Waals surface area contributed by atoms with E-state index in [4.69, 9.17) is 0 Å². The van der Waals surface area contributed by atoms with Crippen LogP contribution in [0.2, 0.25) is 0 Å². The van der Waals surface area contributed by atoms with Crippen LogP contribution < -0.4 is 5.32 Å². The number of hydrogen-bond donors (Lipinski definition) is 1. The molecule has 0 unspecified atom stereocenters. The molecule has 1 N–H and O–H groups in total. The highest BCUT2D eigenvalue weighted by molar-refractivity contribution is 7.09. The van der Waals surface area contributed by atoms with Gasteiger partial charge < -0.3 is 5.32 Å². The number of ketones is 1. The molecule has 3 heterocycles. The molecule has 5 rings (SSSR count). The highest BCUT2D eigenvalue weighted by Gasteiger charge is 2.18. The van der Waals surface area contributed by atoms with E-state index in [1.54, 1.807) is 49.2 Å². The molecule has 0 spiro atoms. The molecule has 2 aromatic carbocycles. The fourth-order valence-electron chi connectivity index (χ4n) is 3.65. The number of thiazole rings is 1. The van der Waals surface area contributed by atoms with E-state index in [0.29, 0.717) is 33.3 Å². The maximum Gasteiger partial charge on any atom is 0.172 e. The SMILES string of the molecule is CNc1nc(-c2cccnc2)nc2ccc(-c3cccc(C(=O)Cc4nccs4)c3F)cc12. The van der Waals surface area contributed by atoms with Gasteiger partial charge in [-0.2, -0.15) is 0 Å². The van der Waals surface area contributed by atoms with Crippen LogP contribution in [0.3, 0.4) is 0 Å². The van der Waals surface area contributed by atoms with Crippen LogP contribution in [0.25, 0.3) is 33.4 Å². The zero-order valence-corrected chi connectivity index (χ0v) is 18.4. The van der Waals surface area contributed by atoms with E-state index in [0.717, 1.165) is 10.9 Å². The number of nitrogens with zero attached hydrogens (tertiary/aromatic N) is 4. The number of aromatic nitrogens is 4. The van der Waals surface area contributed by atoms with Crippen molar-refractivity contribution in [2.45, 2.75) is 6.42 Å². The lowest BCUT2D eigenvalue weighted by Crippen LogP contribution is -2.07. The number of halogens is 1. The van der Waals surface area contributed by atoms with Gasteiger partial charge in [-0.05, 0) is 35.9 Å². The Morgan fingerprint density at radius 2 is 1.97 bits per heavy atom. The van der Waals surface area contributed by atoms with Gasteiger partial charge in [0.2, 0.25) is 0 Å². The largest absolute Gasteiger partial charge is 0.373 e. The van der Waals surface area contributed by atoms with Crippen LogP contribution >= 0.6 is 11.3 Å². The second kappa shape index (κ2) is 8.84. The minimum Gasteiger partial charge on any atom is -0.373 e. The number of Topliss-reactive ketones (excluding diaryl/α,β-unsaturated/α-hetero) is 1. The average Bonchev–Trinajstić information content (AvgIpc) is 3.36. The molecule has 0 saturated carbocycles. The zero-order chi connectivity index (χ0) is 22.8. The number of hydrogen-bond acceptors (Lipinski definition) is 7. The summed E-state index contributed by atoms with van der Waals surface area (Å²) in [6.45, 7) is 0. The van der Waals surface area contributed by atoms with E-state index in [9.17, 15) is 4.79 Å². The Balaban J connectivity index is 1.56. The van der Waals surface area contributed by atoms with Gasteiger partial charge in [-0.25, -0.2) is 19.3 Å². The molecule has 5 aromatic rings. The molecule has 0 aliphatic heterocycles. The van der Waals surface area contributed by atoms with Crippen molar-refractivity contribution in [3.05, 3.63) is 88.9 Å². The van der Waals surface area contributed by atoms with Crippen molar-refractivity contribution in [2.75, 3.05) is 12.4 Å². The first kappa shape index (κ1) is 20.8. The minimum absolute atomic E-state index is 0.0554. The molecule has 3 aromatic heterocycles. The van der Waals surface area contributed by atoms with Gasteiger partial charge in [-0.3, -0.25) is 9.78 Å². The number of carbonyl (C=O) groups is 1. The van der Waals surface area contributed by atoms with E-state index in [1.807, 2.05) is 24.3 Å². The quantitative estimate of drug-likeness (QED) is 0.344. The van der Waals surface area contributed by atoms with Crippen LogP contribution in [0, 0.1) is 5.82 Å². The summed E-state index contributed by atoms with van der Waals surface area (Å²) in [4.78, 5) is 30.2. The lowest BCUT2D eigenvalue weighted by Gasteiger charge is -2.11. The van der Waals surface area contributed by atoms with Crippen LogP contribution in [0.15, 0.2) is 72.5 Å². The molecule has 0 fully saturated rings. The van der Waals surface area contributed by atoms with Crippen molar-refractivity contribution < 1.29 is 9.18 Å². The van der Waals surface area contributed by atoms with Gasteiger partial charge >= 0.3 is 0 Å². The predicted octanol–water partition coefficient (Wildman–Crippen LogP) is 5.42. The summed E-state index contributed by atoms with van der Waals surface area (Å²) in [6, 6.07) is 14.1. The van der Waals surface area contributed by atoms with Crippen LogP contribution in [-0.4, -0.2) is 32.8 Å². The standard InChI is InChI=1S/C25H18FN5OS/c1-27-25-19-12-15(7-8-20(19)30-24(31-25)16-4-3-9-28-14-16)17-5-2-6-18(23(17)26)21(32)13-22-29-10-11-33-22/h2-12,14H,13H2,1H3,(H,27,30,31). The normalized spacial score (nSPS) is 11.0. The molecule has 0 bridgehead atoms. The number of carbonyl (C=O) groups excluding carboxylic acids is 1. The van der Waals surface area contributed by atoms with Gasteiger partial charge in [0.25, 0.3) is 0 Å². The maximum absolute atomic E-state index is 15.4. The maximum atomic E-state index is 15.4. The Hall–Kier alpha value is -4.04. The van der Waals surface area contributed by atoms with E-state index >= 15 is 4.39 Å². The molecule has 0 atom stereocenters. The molecule has 33 heavy (non-hydrogen) atoms. The summed E-state index contributed by atoms with van der Waals surface area (Å²) >= 11 is 1.38. The number of pyridine rings is 1. The second-order valence-electron chi connectivity index (χ2n) is 7.31. The lowest BCUT2D eigenvalue weighted by molar-refractivity contribution is 0.0989. The van der Waals surface area contributed by atoms with Crippen LogP contribution in [0.5, 0.6) is 0 Å². The van der Waals surface area contributed by atoms with Crippen molar-refractivity contribution in [3.63, 3.8) is 0 Å². The minimum atomic E-state index is -0.544.